The average Bonchev–Trinajstić information content (AvgIpc) is 2.62. The van der Waals surface area contributed by atoms with Crippen LogP contribution in [0.5, 0.6) is 0 Å². The van der Waals surface area contributed by atoms with E-state index in [1.165, 1.54) is 7.11 Å². The average molecular weight is 247 g/mol. The molecule has 0 aliphatic carbocycles. The van der Waals surface area contributed by atoms with Gasteiger partial charge in [0, 0.05) is 18.3 Å². The number of amides is 1. The van der Waals surface area contributed by atoms with Crippen LogP contribution in [-0.2, 0) is 19.7 Å². The molecule has 0 unspecified atom stereocenters. The number of hydrogen-bond donors (Lipinski definition) is 0. The lowest BCUT2D eigenvalue weighted by Crippen LogP contribution is -2.45. The van der Waals surface area contributed by atoms with E-state index >= 15 is 0 Å². The Morgan fingerprint density at radius 1 is 1.39 bits per heavy atom. The summed E-state index contributed by atoms with van der Waals surface area (Å²) in [4.78, 5) is 26.2. The molecule has 1 amide bonds. The summed E-state index contributed by atoms with van der Waals surface area (Å²) in [6.07, 6.45) is 1.21. The van der Waals surface area contributed by atoms with Crippen molar-refractivity contribution in [2.75, 3.05) is 19.1 Å². The molecule has 4 nitrogen and oxygen atoms in total. The molecule has 1 heterocycles. The second-order valence-electron chi connectivity index (χ2n) is 4.53. The van der Waals surface area contributed by atoms with Gasteiger partial charge in [-0.05, 0) is 12.5 Å². The van der Waals surface area contributed by atoms with E-state index in [0.29, 0.717) is 6.42 Å². The lowest BCUT2D eigenvalue weighted by Gasteiger charge is -2.24. The summed E-state index contributed by atoms with van der Waals surface area (Å²) in [5.74, 6) is -0.663. The molecule has 4 heteroatoms. The predicted octanol–water partition coefficient (Wildman–Crippen LogP) is 1.87. The Morgan fingerprint density at radius 3 is 2.67 bits per heavy atom. The minimum absolute atomic E-state index is 0.197. The number of para-hydroxylation sites is 1. The molecule has 0 fully saturated rings. The monoisotopic (exact) mass is 247 g/mol. The van der Waals surface area contributed by atoms with Gasteiger partial charge < -0.3 is 9.64 Å². The van der Waals surface area contributed by atoms with Gasteiger partial charge in [-0.1, -0.05) is 31.5 Å². The van der Waals surface area contributed by atoms with E-state index in [4.69, 9.17) is 4.74 Å². The van der Waals surface area contributed by atoms with Gasteiger partial charge in [0.25, 0.3) is 0 Å². The van der Waals surface area contributed by atoms with E-state index in [-0.39, 0.29) is 5.91 Å². The topological polar surface area (TPSA) is 46.6 Å². The Balaban J connectivity index is 2.66. The molecule has 0 aromatic heterocycles. The highest BCUT2D eigenvalue weighted by Gasteiger charge is 2.55. The highest BCUT2D eigenvalue weighted by Crippen LogP contribution is 2.44. The van der Waals surface area contributed by atoms with Crippen molar-refractivity contribution in [2.45, 2.75) is 25.2 Å². The van der Waals surface area contributed by atoms with Crippen LogP contribution in [0.15, 0.2) is 24.3 Å². The Bertz CT molecular complexity index is 498. The van der Waals surface area contributed by atoms with Gasteiger partial charge in [0.2, 0.25) is 5.91 Å². The summed E-state index contributed by atoms with van der Waals surface area (Å²) in [5.41, 5.74) is 0.391. The minimum Gasteiger partial charge on any atom is -0.468 e. The second kappa shape index (κ2) is 4.44. The first-order valence-electron chi connectivity index (χ1n) is 6.05. The zero-order valence-corrected chi connectivity index (χ0v) is 10.9. The minimum atomic E-state index is -1.16. The highest BCUT2D eigenvalue weighted by molar-refractivity contribution is 6.20. The first kappa shape index (κ1) is 12.6. The van der Waals surface area contributed by atoms with Crippen molar-refractivity contribution in [3.8, 4) is 0 Å². The molecule has 1 aromatic carbocycles. The zero-order chi connectivity index (χ0) is 13.3. The molecule has 96 valence electrons. The molecule has 1 aliphatic heterocycles. The number of benzene rings is 1. The summed E-state index contributed by atoms with van der Waals surface area (Å²) in [7, 11) is 3.02. The number of carbonyl (C=O) groups is 2. The number of nitrogens with zero attached hydrogens (tertiary/aromatic N) is 1. The number of hydrogen-bond acceptors (Lipinski definition) is 3. The molecule has 2 rings (SSSR count). The number of methoxy groups -OCH3 is 1. The molecule has 0 bridgehead atoms. The first-order valence-corrected chi connectivity index (χ1v) is 6.05. The lowest BCUT2D eigenvalue weighted by atomic mass is 9.78. The summed E-state index contributed by atoms with van der Waals surface area (Å²) < 4.78 is 4.88. The van der Waals surface area contributed by atoms with Gasteiger partial charge in [-0.3, -0.25) is 9.59 Å². The van der Waals surface area contributed by atoms with E-state index in [9.17, 15) is 9.59 Å². The number of ether oxygens (including phenoxy) is 1. The van der Waals surface area contributed by atoms with Gasteiger partial charge >= 0.3 is 5.97 Å². The highest BCUT2D eigenvalue weighted by atomic mass is 16.5. The van der Waals surface area contributed by atoms with Crippen molar-refractivity contribution < 1.29 is 14.3 Å². The fourth-order valence-electron chi connectivity index (χ4n) is 2.73. The zero-order valence-electron chi connectivity index (χ0n) is 10.9. The molecule has 0 radical (unpaired) electrons. The number of fused-ring (bicyclic) bond motifs is 1. The normalized spacial score (nSPS) is 21.9. The molecule has 1 atom stereocenters. The summed E-state index contributed by atoms with van der Waals surface area (Å²) in [6.45, 7) is 1.96. The van der Waals surface area contributed by atoms with E-state index in [1.807, 2.05) is 31.2 Å². The van der Waals surface area contributed by atoms with Crippen molar-refractivity contribution in [2.24, 2.45) is 0 Å². The first-order chi connectivity index (χ1) is 8.59. The summed E-state index contributed by atoms with van der Waals surface area (Å²) in [5, 5.41) is 0. The molecule has 0 saturated carbocycles. The van der Waals surface area contributed by atoms with E-state index in [0.717, 1.165) is 17.7 Å². The van der Waals surface area contributed by atoms with Gasteiger partial charge in [-0.25, -0.2) is 0 Å². The van der Waals surface area contributed by atoms with Crippen LogP contribution in [0.4, 0.5) is 5.69 Å². The number of carbonyl (C=O) groups excluding carboxylic acids is 2. The van der Waals surface area contributed by atoms with Crippen molar-refractivity contribution >= 4 is 17.6 Å². The Labute approximate surface area is 107 Å². The van der Waals surface area contributed by atoms with Crippen LogP contribution in [0.25, 0.3) is 0 Å². The standard InChI is InChI=1S/C14H17NO3/c1-4-9-14(13(17)18-3)10-7-5-6-8-11(10)15(2)12(14)16/h5-8H,4,9H2,1-3H3/t14-/m1/s1. The Hall–Kier alpha value is -1.84. The fourth-order valence-corrected chi connectivity index (χ4v) is 2.73. The van der Waals surface area contributed by atoms with Gasteiger partial charge in [0.05, 0.1) is 7.11 Å². The molecule has 0 spiro atoms. The van der Waals surface area contributed by atoms with Gasteiger partial charge in [-0.15, -0.1) is 0 Å². The van der Waals surface area contributed by atoms with Gasteiger partial charge in [-0.2, -0.15) is 0 Å². The number of esters is 1. The molecule has 0 N–H and O–H groups in total. The third-order valence-electron chi connectivity index (χ3n) is 3.55. The quantitative estimate of drug-likeness (QED) is 0.605. The second-order valence-corrected chi connectivity index (χ2v) is 4.53. The van der Waals surface area contributed by atoms with Crippen molar-refractivity contribution in [3.63, 3.8) is 0 Å². The molecule has 1 aromatic rings. The maximum atomic E-state index is 12.5. The smallest absolute Gasteiger partial charge is 0.326 e. The summed E-state index contributed by atoms with van der Waals surface area (Å²) in [6, 6.07) is 7.40. The van der Waals surface area contributed by atoms with Crippen LogP contribution >= 0.6 is 0 Å². The van der Waals surface area contributed by atoms with Crippen molar-refractivity contribution in [3.05, 3.63) is 29.8 Å². The largest absolute Gasteiger partial charge is 0.468 e. The molecular weight excluding hydrogens is 230 g/mol. The van der Waals surface area contributed by atoms with E-state index in [1.54, 1.807) is 11.9 Å². The van der Waals surface area contributed by atoms with Gasteiger partial charge in [0.1, 0.15) is 0 Å². The summed E-state index contributed by atoms with van der Waals surface area (Å²) >= 11 is 0. The Kier molecular flexibility index (Phi) is 3.11. The number of likely N-dealkylation sites (N-methyl/N-ethyl adjacent to an activating group) is 1. The molecular formula is C14H17NO3. The van der Waals surface area contributed by atoms with Crippen LogP contribution in [-0.4, -0.2) is 26.0 Å². The lowest BCUT2D eigenvalue weighted by molar-refractivity contribution is -0.151. The number of anilines is 1. The van der Waals surface area contributed by atoms with Crippen molar-refractivity contribution in [1.82, 2.24) is 0 Å². The molecule has 18 heavy (non-hydrogen) atoms. The molecule has 1 aliphatic rings. The van der Waals surface area contributed by atoms with Crippen molar-refractivity contribution in [1.29, 1.82) is 0 Å². The van der Waals surface area contributed by atoms with Crippen LogP contribution in [0.3, 0.4) is 0 Å². The number of rotatable bonds is 3. The van der Waals surface area contributed by atoms with Crippen LogP contribution in [0.2, 0.25) is 0 Å². The van der Waals surface area contributed by atoms with Crippen LogP contribution in [0.1, 0.15) is 25.3 Å². The van der Waals surface area contributed by atoms with Gasteiger partial charge in [0.15, 0.2) is 5.41 Å². The van der Waals surface area contributed by atoms with Crippen LogP contribution < -0.4 is 4.90 Å². The van der Waals surface area contributed by atoms with E-state index < -0.39 is 11.4 Å². The predicted molar refractivity (Wildman–Crippen MR) is 68.5 cm³/mol. The third kappa shape index (κ3) is 1.45. The fraction of sp³-hybridized carbons (Fsp3) is 0.429. The Morgan fingerprint density at radius 2 is 2.06 bits per heavy atom. The third-order valence-corrected chi connectivity index (χ3v) is 3.55. The van der Waals surface area contributed by atoms with E-state index in [2.05, 4.69) is 0 Å². The maximum Gasteiger partial charge on any atom is 0.326 e. The maximum absolute atomic E-state index is 12.5. The SMILES string of the molecule is CCC[C@]1(C(=O)OC)C(=O)N(C)c2ccccc21. The van der Waals surface area contributed by atoms with Crippen LogP contribution in [0, 0.1) is 0 Å². The molecule has 0 saturated heterocycles.